The third kappa shape index (κ3) is 3.15. The molecule has 0 radical (unpaired) electrons. The van der Waals surface area contributed by atoms with Crippen molar-refractivity contribution in [3.05, 3.63) is 5.82 Å². The van der Waals surface area contributed by atoms with Crippen LogP contribution in [0.25, 0.3) is 0 Å². The van der Waals surface area contributed by atoms with E-state index in [1.54, 1.807) is 0 Å². The van der Waals surface area contributed by atoms with Gasteiger partial charge in [0.1, 0.15) is 12.4 Å². The fourth-order valence-corrected chi connectivity index (χ4v) is 1.12. The van der Waals surface area contributed by atoms with Crippen molar-refractivity contribution in [2.75, 3.05) is 6.61 Å². The summed E-state index contributed by atoms with van der Waals surface area (Å²) in [5.74, 6) is 0.741. The average molecular weight is 187 g/mol. The lowest BCUT2D eigenvalue weighted by atomic mass is 10.1. The monoisotopic (exact) mass is 187 g/mol. The largest absolute Gasteiger partial charge is 0.467 e. The average Bonchev–Trinajstić information content (AvgIpc) is 2.30. The number of ether oxygens (including phenoxy) is 1. The number of aryl methyl sites for hydroxylation is 1. The number of nitrogens with zero attached hydrogens (tertiary/aromatic N) is 2. The zero-order valence-corrected chi connectivity index (χ0v) is 8.31. The van der Waals surface area contributed by atoms with Crippen molar-refractivity contribution in [1.29, 1.82) is 0 Å². The van der Waals surface area contributed by atoms with E-state index < -0.39 is 0 Å². The molecule has 0 amide bonds. The van der Waals surface area contributed by atoms with Gasteiger partial charge in [0.25, 0.3) is 5.19 Å². The van der Waals surface area contributed by atoms with Crippen LogP contribution in [0.4, 0.5) is 0 Å². The van der Waals surface area contributed by atoms with Crippen LogP contribution in [-0.2, 0) is 0 Å². The molecule has 2 N–H and O–H groups in total. The summed E-state index contributed by atoms with van der Waals surface area (Å²) in [6.45, 7) is 6.10. The highest BCUT2D eigenvalue weighted by Crippen LogP contribution is 2.14. The molecule has 68 valence electrons. The Labute approximate surface area is 75.9 Å². The Kier molecular flexibility index (Phi) is 2.64. The van der Waals surface area contributed by atoms with E-state index in [9.17, 15) is 0 Å². The Morgan fingerprint density at radius 1 is 1.58 bits per heavy atom. The second-order valence-corrected chi connectivity index (χ2v) is 4.10. The molecule has 0 bridgehead atoms. The van der Waals surface area contributed by atoms with E-state index in [1.165, 1.54) is 11.5 Å². The summed E-state index contributed by atoms with van der Waals surface area (Å²) in [5, 5.41) is 0.589. The van der Waals surface area contributed by atoms with E-state index in [-0.39, 0.29) is 5.54 Å². The molecule has 4 nitrogen and oxygen atoms in total. The van der Waals surface area contributed by atoms with Gasteiger partial charge in [-0.3, -0.25) is 0 Å². The maximum absolute atomic E-state index is 5.72. The molecule has 0 aliphatic heterocycles. The first kappa shape index (κ1) is 9.41. The molecule has 0 aliphatic rings. The summed E-state index contributed by atoms with van der Waals surface area (Å²) >= 11 is 1.25. The summed E-state index contributed by atoms with van der Waals surface area (Å²) in [7, 11) is 0. The molecule has 0 fully saturated rings. The molecule has 0 atom stereocenters. The maximum atomic E-state index is 5.72. The highest BCUT2D eigenvalue weighted by atomic mass is 32.1. The summed E-state index contributed by atoms with van der Waals surface area (Å²) < 4.78 is 9.29. The molecule has 1 aromatic heterocycles. The molecule has 0 aliphatic carbocycles. The first-order valence-corrected chi connectivity index (χ1v) is 4.47. The van der Waals surface area contributed by atoms with Gasteiger partial charge in [-0.15, -0.1) is 0 Å². The van der Waals surface area contributed by atoms with Crippen LogP contribution >= 0.6 is 11.5 Å². The molecule has 0 saturated carbocycles. The second-order valence-electron chi connectivity index (χ2n) is 3.38. The van der Waals surface area contributed by atoms with Crippen molar-refractivity contribution < 1.29 is 4.74 Å². The quantitative estimate of drug-likeness (QED) is 0.765. The number of hydrogen-bond donors (Lipinski definition) is 1. The topological polar surface area (TPSA) is 61.0 Å². The predicted octanol–water partition coefficient (Wildman–Crippen LogP) is 0.963. The molecule has 0 unspecified atom stereocenters. The van der Waals surface area contributed by atoms with Crippen molar-refractivity contribution >= 4 is 11.5 Å². The minimum Gasteiger partial charge on any atom is -0.467 e. The standard InChI is InChI=1S/C7H13N3OS/c1-5-9-6(12-10-5)11-4-7(2,3)8/h4,8H2,1-3H3. The number of hydrogen-bond acceptors (Lipinski definition) is 5. The van der Waals surface area contributed by atoms with E-state index in [1.807, 2.05) is 20.8 Å². The lowest BCUT2D eigenvalue weighted by molar-refractivity contribution is 0.242. The van der Waals surface area contributed by atoms with Gasteiger partial charge in [0.05, 0.1) is 0 Å². The van der Waals surface area contributed by atoms with Crippen LogP contribution in [0.1, 0.15) is 19.7 Å². The van der Waals surface area contributed by atoms with E-state index >= 15 is 0 Å². The van der Waals surface area contributed by atoms with Gasteiger partial charge in [-0.1, -0.05) is 0 Å². The maximum Gasteiger partial charge on any atom is 0.293 e. The van der Waals surface area contributed by atoms with Crippen molar-refractivity contribution in [2.45, 2.75) is 26.3 Å². The Bertz CT molecular complexity index is 253. The van der Waals surface area contributed by atoms with Gasteiger partial charge in [-0.05, 0) is 20.8 Å². The molecule has 1 aromatic rings. The van der Waals surface area contributed by atoms with Crippen LogP contribution in [0.5, 0.6) is 5.19 Å². The van der Waals surface area contributed by atoms with E-state index in [4.69, 9.17) is 10.5 Å². The summed E-state index contributed by atoms with van der Waals surface area (Å²) in [6, 6.07) is 0. The minimum absolute atomic E-state index is 0.320. The molecule has 1 rings (SSSR count). The van der Waals surface area contributed by atoms with Crippen LogP contribution in [-0.4, -0.2) is 21.5 Å². The molecular formula is C7H13N3OS. The Hall–Kier alpha value is -0.680. The highest BCUT2D eigenvalue weighted by molar-refractivity contribution is 7.07. The molecule has 0 aromatic carbocycles. The number of aromatic nitrogens is 2. The van der Waals surface area contributed by atoms with Crippen LogP contribution in [0, 0.1) is 6.92 Å². The number of rotatable bonds is 3. The molecular weight excluding hydrogens is 174 g/mol. The minimum atomic E-state index is -0.320. The van der Waals surface area contributed by atoms with Crippen molar-refractivity contribution in [3.8, 4) is 5.19 Å². The first-order valence-electron chi connectivity index (χ1n) is 3.69. The summed E-state index contributed by atoms with van der Waals surface area (Å²) in [5.41, 5.74) is 5.40. The Morgan fingerprint density at radius 3 is 2.67 bits per heavy atom. The molecule has 0 spiro atoms. The number of nitrogens with two attached hydrogens (primary N) is 1. The van der Waals surface area contributed by atoms with Gasteiger partial charge in [0.2, 0.25) is 0 Å². The lowest BCUT2D eigenvalue weighted by Crippen LogP contribution is -2.38. The van der Waals surface area contributed by atoms with Gasteiger partial charge >= 0.3 is 0 Å². The Balaban J connectivity index is 2.44. The van der Waals surface area contributed by atoms with Crippen molar-refractivity contribution in [3.63, 3.8) is 0 Å². The third-order valence-electron chi connectivity index (χ3n) is 1.08. The SMILES string of the molecule is Cc1nsc(OCC(C)(C)N)n1. The smallest absolute Gasteiger partial charge is 0.293 e. The predicted molar refractivity (Wildman–Crippen MR) is 48.4 cm³/mol. The van der Waals surface area contributed by atoms with Crippen molar-refractivity contribution in [2.24, 2.45) is 5.73 Å². The third-order valence-corrected chi connectivity index (χ3v) is 1.80. The Morgan fingerprint density at radius 2 is 2.25 bits per heavy atom. The van der Waals surface area contributed by atoms with Gasteiger partial charge in [0.15, 0.2) is 0 Å². The molecule has 0 saturated heterocycles. The first-order chi connectivity index (χ1) is 5.47. The zero-order valence-electron chi connectivity index (χ0n) is 7.50. The van der Waals surface area contributed by atoms with Crippen molar-refractivity contribution in [1.82, 2.24) is 9.36 Å². The van der Waals surface area contributed by atoms with Crippen LogP contribution in [0.2, 0.25) is 0 Å². The summed E-state index contributed by atoms with van der Waals surface area (Å²) in [6.07, 6.45) is 0. The highest BCUT2D eigenvalue weighted by Gasteiger charge is 2.12. The normalized spacial score (nSPS) is 11.7. The summed E-state index contributed by atoms with van der Waals surface area (Å²) in [4.78, 5) is 4.04. The second kappa shape index (κ2) is 3.37. The molecule has 1 heterocycles. The van der Waals surface area contributed by atoms with Gasteiger partial charge in [0, 0.05) is 17.1 Å². The van der Waals surface area contributed by atoms with E-state index in [2.05, 4.69) is 9.36 Å². The van der Waals surface area contributed by atoms with E-state index in [0.717, 1.165) is 5.82 Å². The fraction of sp³-hybridized carbons (Fsp3) is 0.714. The van der Waals surface area contributed by atoms with Gasteiger partial charge in [-0.2, -0.15) is 9.36 Å². The van der Waals surface area contributed by atoms with E-state index in [0.29, 0.717) is 11.8 Å². The van der Waals surface area contributed by atoms with Crippen LogP contribution < -0.4 is 10.5 Å². The lowest BCUT2D eigenvalue weighted by Gasteiger charge is -2.16. The molecule has 12 heavy (non-hydrogen) atoms. The van der Waals surface area contributed by atoms with Gasteiger partial charge < -0.3 is 10.5 Å². The zero-order chi connectivity index (χ0) is 9.19. The van der Waals surface area contributed by atoms with Crippen LogP contribution in [0.3, 0.4) is 0 Å². The fourth-order valence-electron chi connectivity index (χ4n) is 0.584. The van der Waals surface area contributed by atoms with Crippen LogP contribution in [0.15, 0.2) is 0 Å². The van der Waals surface area contributed by atoms with Gasteiger partial charge in [-0.25, -0.2) is 0 Å². The molecule has 5 heteroatoms.